The number of fused-ring (bicyclic) bond motifs is 5. The second kappa shape index (κ2) is 8.69. The second-order valence-electron chi connectivity index (χ2n) is 12.8. The first kappa shape index (κ1) is 24.2. The fourth-order valence-electron chi connectivity index (χ4n) is 9.11. The summed E-state index contributed by atoms with van der Waals surface area (Å²) in [5.74, 6) is 3.50. The number of rotatable bonds is 5. The molecule has 4 aliphatic rings. The molecule has 178 valence electrons. The van der Waals surface area contributed by atoms with Crippen LogP contribution in [0.15, 0.2) is 0 Å². The molecular formula is C27H45BrO3. The third-order valence-corrected chi connectivity index (χ3v) is 11.6. The van der Waals surface area contributed by atoms with Gasteiger partial charge in [0, 0.05) is 17.2 Å². The van der Waals surface area contributed by atoms with E-state index in [1.54, 1.807) is 0 Å². The number of aliphatic hydroxyl groups is 2. The molecule has 31 heavy (non-hydrogen) atoms. The lowest BCUT2D eigenvalue weighted by Gasteiger charge is -2.60. The van der Waals surface area contributed by atoms with Crippen molar-refractivity contribution < 1.29 is 15.0 Å². The zero-order valence-corrected chi connectivity index (χ0v) is 21.9. The summed E-state index contributed by atoms with van der Waals surface area (Å²) in [6, 6.07) is 0. The molecule has 4 heteroatoms. The number of ketones is 1. The van der Waals surface area contributed by atoms with Crippen molar-refractivity contribution in [3.8, 4) is 0 Å². The van der Waals surface area contributed by atoms with Crippen molar-refractivity contribution in [2.24, 2.45) is 52.3 Å². The molecule has 3 nitrogen and oxygen atoms in total. The molecule has 0 bridgehead atoms. The molecule has 2 N–H and O–H groups in total. The highest BCUT2D eigenvalue weighted by atomic mass is 79.9. The van der Waals surface area contributed by atoms with Gasteiger partial charge < -0.3 is 10.2 Å². The minimum Gasteiger partial charge on any atom is -0.390 e. The van der Waals surface area contributed by atoms with Gasteiger partial charge in [0.25, 0.3) is 0 Å². The van der Waals surface area contributed by atoms with Crippen LogP contribution in [0.2, 0.25) is 0 Å². The van der Waals surface area contributed by atoms with Crippen LogP contribution in [-0.4, -0.2) is 33.0 Å². The Bertz CT molecular complexity index is 679. The SMILES string of the molecule is CC(C)CC(O)C(O)[C@@H](C)[C@H]1CC[C@H]2[C@@H]3CC(=O)[C@H]4CC(Br)CC[C@]4(C)[C@H]3CC[C@]12C. The van der Waals surface area contributed by atoms with Crippen molar-refractivity contribution in [1.82, 2.24) is 0 Å². The number of Topliss-reactive ketones (excluding diaryl/α,β-unsaturated/α-hetero) is 1. The molecule has 0 saturated heterocycles. The van der Waals surface area contributed by atoms with Crippen molar-refractivity contribution in [3.63, 3.8) is 0 Å². The highest BCUT2D eigenvalue weighted by molar-refractivity contribution is 9.09. The summed E-state index contributed by atoms with van der Waals surface area (Å²) in [5, 5.41) is 21.6. The average molecular weight is 498 g/mol. The number of carbonyl (C=O) groups is 1. The van der Waals surface area contributed by atoms with Gasteiger partial charge in [-0.2, -0.15) is 0 Å². The Morgan fingerprint density at radius 1 is 1.00 bits per heavy atom. The second-order valence-corrected chi connectivity index (χ2v) is 14.0. The van der Waals surface area contributed by atoms with Gasteiger partial charge >= 0.3 is 0 Å². The molecular weight excluding hydrogens is 452 g/mol. The van der Waals surface area contributed by atoms with Gasteiger partial charge in [-0.15, -0.1) is 0 Å². The molecule has 3 unspecified atom stereocenters. The maximum absolute atomic E-state index is 13.3. The van der Waals surface area contributed by atoms with E-state index in [0.29, 0.717) is 46.6 Å². The van der Waals surface area contributed by atoms with Gasteiger partial charge in [-0.25, -0.2) is 0 Å². The molecule has 0 aromatic rings. The van der Waals surface area contributed by atoms with Crippen LogP contribution in [-0.2, 0) is 4.79 Å². The van der Waals surface area contributed by atoms with Crippen LogP contribution in [0.1, 0.15) is 92.4 Å². The van der Waals surface area contributed by atoms with Crippen LogP contribution in [0, 0.1) is 52.3 Å². The van der Waals surface area contributed by atoms with E-state index in [4.69, 9.17) is 0 Å². The zero-order valence-electron chi connectivity index (χ0n) is 20.3. The summed E-state index contributed by atoms with van der Waals surface area (Å²) < 4.78 is 0. The molecule has 0 amide bonds. The van der Waals surface area contributed by atoms with Crippen LogP contribution in [0.5, 0.6) is 0 Å². The van der Waals surface area contributed by atoms with Gasteiger partial charge in [0.05, 0.1) is 12.2 Å². The van der Waals surface area contributed by atoms with Gasteiger partial charge in [-0.1, -0.05) is 50.5 Å². The zero-order chi connectivity index (χ0) is 22.7. The van der Waals surface area contributed by atoms with Crippen molar-refractivity contribution >= 4 is 21.7 Å². The smallest absolute Gasteiger partial charge is 0.136 e. The number of halogens is 1. The van der Waals surface area contributed by atoms with Gasteiger partial charge in [-0.3, -0.25) is 4.79 Å². The highest BCUT2D eigenvalue weighted by Gasteiger charge is 2.62. The van der Waals surface area contributed by atoms with Crippen molar-refractivity contribution in [2.45, 2.75) is 109 Å². The monoisotopic (exact) mass is 496 g/mol. The summed E-state index contributed by atoms with van der Waals surface area (Å²) in [7, 11) is 0. The first-order valence-electron chi connectivity index (χ1n) is 13.0. The van der Waals surface area contributed by atoms with Crippen LogP contribution in [0.25, 0.3) is 0 Å². The summed E-state index contributed by atoms with van der Waals surface area (Å²) >= 11 is 3.81. The summed E-state index contributed by atoms with van der Waals surface area (Å²) in [6.45, 7) is 11.3. The standard InChI is InChI=1S/C27H45BrO3/c1-15(2)12-24(30)25(31)16(3)19-6-7-20-18-14-23(29)22-13-17(28)8-10-27(22,5)21(18)9-11-26(19,20)4/h15-22,24-25,30-31H,6-14H2,1-5H3/t16-,17?,18-,19+,20-,21-,22+,24?,25?,26+,27+/m0/s1. The predicted octanol–water partition coefficient (Wildman–Crippen LogP) is 5.99. The number of carbonyl (C=O) groups excluding carboxylic acids is 1. The molecule has 0 aromatic heterocycles. The van der Waals surface area contributed by atoms with E-state index in [9.17, 15) is 15.0 Å². The van der Waals surface area contributed by atoms with Gasteiger partial charge in [0.15, 0.2) is 0 Å². The van der Waals surface area contributed by atoms with Gasteiger partial charge in [0.2, 0.25) is 0 Å². The van der Waals surface area contributed by atoms with E-state index in [-0.39, 0.29) is 22.7 Å². The molecule has 0 aliphatic heterocycles. The maximum Gasteiger partial charge on any atom is 0.136 e. The van der Waals surface area contributed by atoms with Crippen LogP contribution in [0.4, 0.5) is 0 Å². The summed E-state index contributed by atoms with van der Waals surface area (Å²) in [5.41, 5.74) is 0.373. The van der Waals surface area contributed by atoms with E-state index in [0.717, 1.165) is 19.3 Å². The Balaban J connectivity index is 1.54. The molecule has 4 aliphatic carbocycles. The molecule has 4 fully saturated rings. The minimum absolute atomic E-state index is 0.103. The topological polar surface area (TPSA) is 57.5 Å². The first-order valence-corrected chi connectivity index (χ1v) is 13.9. The first-order chi connectivity index (χ1) is 14.5. The van der Waals surface area contributed by atoms with Gasteiger partial charge in [0.1, 0.15) is 5.78 Å². The van der Waals surface area contributed by atoms with Crippen molar-refractivity contribution in [2.75, 3.05) is 0 Å². The van der Waals surface area contributed by atoms with Gasteiger partial charge in [-0.05, 0) is 97.7 Å². The Morgan fingerprint density at radius 3 is 2.32 bits per heavy atom. The fourth-order valence-corrected chi connectivity index (χ4v) is 9.71. The number of alkyl halides is 1. The number of hydrogen-bond donors (Lipinski definition) is 2. The molecule has 0 spiro atoms. The van der Waals surface area contributed by atoms with Crippen LogP contribution < -0.4 is 0 Å². The summed E-state index contributed by atoms with van der Waals surface area (Å²) in [4.78, 5) is 13.9. The van der Waals surface area contributed by atoms with Crippen LogP contribution >= 0.6 is 15.9 Å². The largest absolute Gasteiger partial charge is 0.390 e. The Hall–Kier alpha value is 0.0700. The van der Waals surface area contributed by atoms with Crippen molar-refractivity contribution in [3.05, 3.63) is 0 Å². The van der Waals surface area contributed by atoms with Crippen LogP contribution in [0.3, 0.4) is 0 Å². The Kier molecular flexibility index (Phi) is 6.79. The van der Waals surface area contributed by atoms with E-state index < -0.39 is 12.2 Å². The molecule has 0 heterocycles. The molecule has 4 saturated carbocycles. The number of hydrogen-bond acceptors (Lipinski definition) is 3. The Labute approximate surface area is 198 Å². The highest BCUT2D eigenvalue weighted by Crippen LogP contribution is 2.68. The van der Waals surface area contributed by atoms with Crippen molar-refractivity contribution in [1.29, 1.82) is 0 Å². The summed E-state index contributed by atoms with van der Waals surface area (Å²) in [6.07, 6.45) is 8.34. The lowest BCUT2D eigenvalue weighted by Crippen LogP contribution is -2.57. The fraction of sp³-hybridized carbons (Fsp3) is 0.963. The van der Waals surface area contributed by atoms with E-state index in [2.05, 4.69) is 50.5 Å². The lowest BCUT2D eigenvalue weighted by molar-refractivity contribution is -0.155. The minimum atomic E-state index is -0.648. The molecule has 0 aromatic carbocycles. The molecule has 4 rings (SSSR count). The van der Waals surface area contributed by atoms with E-state index in [1.165, 1.54) is 32.1 Å². The Morgan fingerprint density at radius 2 is 1.65 bits per heavy atom. The molecule has 0 radical (unpaired) electrons. The predicted molar refractivity (Wildman–Crippen MR) is 129 cm³/mol. The number of aliphatic hydroxyl groups excluding tert-OH is 2. The average Bonchev–Trinajstić information content (AvgIpc) is 3.05. The third-order valence-electron chi connectivity index (χ3n) is 10.7. The quantitative estimate of drug-likeness (QED) is 0.459. The normalized spacial score (nSPS) is 48.0. The van der Waals surface area contributed by atoms with E-state index >= 15 is 0 Å². The van der Waals surface area contributed by atoms with E-state index in [1.807, 2.05) is 0 Å². The maximum atomic E-state index is 13.3. The molecule has 11 atom stereocenters. The lowest BCUT2D eigenvalue weighted by atomic mass is 9.44. The third kappa shape index (κ3) is 3.99.